The number of anilines is 2. The number of aryl methyl sites for hydroxylation is 2. The number of aromatic nitrogens is 2. The molecule has 0 unspecified atom stereocenters. The smallest absolute Gasteiger partial charge is 0.264 e. The second-order valence-corrected chi connectivity index (χ2v) is 8.84. The van der Waals surface area contributed by atoms with Gasteiger partial charge in [-0.25, -0.2) is 8.78 Å². The molecule has 34 heavy (non-hydrogen) atoms. The zero-order chi connectivity index (χ0) is 23.8. The third-order valence-corrected chi connectivity index (χ3v) is 6.61. The van der Waals surface area contributed by atoms with Crippen LogP contribution in [0.2, 0.25) is 0 Å². The van der Waals surface area contributed by atoms with Gasteiger partial charge in [0.05, 0.1) is 12.7 Å². The molecule has 8 heteroatoms. The van der Waals surface area contributed by atoms with Crippen LogP contribution in [0.1, 0.15) is 42.9 Å². The van der Waals surface area contributed by atoms with E-state index in [1.165, 1.54) is 0 Å². The minimum atomic E-state index is -2.60. The molecule has 2 aliphatic heterocycles. The summed E-state index contributed by atoms with van der Waals surface area (Å²) in [5, 5.41) is 4.16. The lowest BCUT2D eigenvalue weighted by atomic mass is 9.92. The van der Waals surface area contributed by atoms with Crippen LogP contribution in [-0.2, 0) is 24.8 Å². The standard InChI is InChI=1S/C26H28F2N4O2/c1-3-25(33)31-9-10-34-24-7-6-20(11-18(24)16-31)32-8-4-5-17-12-21(19-14-29-30(2)15-19)22(26(27)28)13-23(17)32/h6-7,11-15,26H,3-5,8-10,16H2,1-2H3. The minimum absolute atomic E-state index is 0.0106. The summed E-state index contributed by atoms with van der Waals surface area (Å²) in [6.07, 6.45) is 2.99. The molecule has 0 atom stereocenters. The van der Waals surface area contributed by atoms with E-state index in [9.17, 15) is 13.6 Å². The number of alkyl halides is 2. The number of nitrogens with zero attached hydrogens (tertiary/aromatic N) is 4. The van der Waals surface area contributed by atoms with Gasteiger partial charge in [-0.1, -0.05) is 6.92 Å². The summed E-state index contributed by atoms with van der Waals surface area (Å²) in [6.45, 7) is 4.09. The van der Waals surface area contributed by atoms with Crippen LogP contribution in [0.15, 0.2) is 42.7 Å². The van der Waals surface area contributed by atoms with Crippen molar-refractivity contribution in [2.75, 3.05) is 24.6 Å². The van der Waals surface area contributed by atoms with Crippen molar-refractivity contribution in [1.29, 1.82) is 0 Å². The molecule has 0 radical (unpaired) electrons. The van der Waals surface area contributed by atoms with Gasteiger partial charge in [-0.2, -0.15) is 5.10 Å². The summed E-state index contributed by atoms with van der Waals surface area (Å²) in [5.74, 6) is 0.863. The lowest BCUT2D eigenvalue weighted by Crippen LogP contribution is -2.31. The summed E-state index contributed by atoms with van der Waals surface area (Å²) in [5.41, 5.74) is 4.95. The summed E-state index contributed by atoms with van der Waals surface area (Å²) in [6, 6.07) is 9.47. The van der Waals surface area contributed by atoms with E-state index in [1.54, 1.807) is 30.2 Å². The third kappa shape index (κ3) is 4.13. The van der Waals surface area contributed by atoms with E-state index in [1.807, 2.05) is 36.1 Å². The van der Waals surface area contributed by atoms with Crippen LogP contribution in [0.5, 0.6) is 5.75 Å². The zero-order valence-corrected chi connectivity index (χ0v) is 19.4. The van der Waals surface area contributed by atoms with Gasteiger partial charge >= 0.3 is 0 Å². The molecule has 0 fully saturated rings. The molecule has 0 saturated heterocycles. The molecule has 2 aliphatic rings. The average Bonchev–Trinajstić information content (AvgIpc) is 3.16. The SMILES string of the molecule is CCC(=O)N1CCOc2ccc(N3CCCc4cc(-c5cnn(C)c5)c(C(F)F)cc43)cc2C1. The minimum Gasteiger partial charge on any atom is -0.491 e. The second kappa shape index (κ2) is 9.08. The Hall–Kier alpha value is -3.42. The van der Waals surface area contributed by atoms with E-state index < -0.39 is 6.43 Å². The van der Waals surface area contributed by atoms with Gasteiger partial charge < -0.3 is 14.5 Å². The molecule has 0 spiro atoms. The van der Waals surface area contributed by atoms with Crippen molar-refractivity contribution in [2.24, 2.45) is 7.05 Å². The predicted octanol–water partition coefficient (Wildman–Crippen LogP) is 5.24. The number of hydrogen-bond acceptors (Lipinski definition) is 4. The third-order valence-electron chi connectivity index (χ3n) is 6.61. The highest BCUT2D eigenvalue weighted by Gasteiger charge is 2.26. The lowest BCUT2D eigenvalue weighted by molar-refractivity contribution is -0.131. The van der Waals surface area contributed by atoms with Gasteiger partial charge in [0.1, 0.15) is 12.4 Å². The first-order valence-electron chi connectivity index (χ1n) is 11.7. The zero-order valence-electron chi connectivity index (χ0n) is 19.4. The van der Waals surface area contributed by atoms with Gasteiger partial charge in [0.2, 0.25) is 5.91 Å². The first-order chi connectivity index (χ1) is 16.4. The van der Waals surface area contributed by atoms with Gasteiger partial charge in [0.25, 0.3) is 6.43 Å². The fourth-order valence-corrected chi connectivity index (χ4v) is 4.89. The number of rotatable bonds is 4. The van der Waals surface area contributed by atoms with E-state index in [0.29, 0.717) is 37.2 Å². The van der Waals surface area contributed by atoms with Crippen molar-refractivity contribution in [3.05, 3.63) is 59.4 Å². The van der Waals surface area contributed by atoms with Crippen molar-refractivity contribution in [2.45, 2.75) is 39.2 Å². The molecule has 178 valence electrons. The summed E-state index contributed by atoms with van der Waals surface area (Å²) in [4.78, 5) is 16.2. The Bertz CT molecular complexity index is 1220. The van der Waals surface area contributed by atoms with Crippen LogP contribution in [0, 0.1) is 0 Å². The van der Waals surface area contributed by atoms with E-state index in [2.05, 4.69) is 10.00 Å². The van der Waals surface area contributed by atoms with Crippen molar-refractivity contribution in [3.8, 4) is 16.9 Å². The van der Waals surface area contributed by atoms with Crippen LogP contribution in [0.4, 0.5) is 20.2 Å². The van der Waals surface area contributed by atoms with Crippen LogP contribution in [-0.4, -0.2) is 40.3 Å². The predicted molar refractivity (Wildman–Crippen MR) is 127 cm³/mol. The van der Waals surface area contributed by atoms with Crippen molar-refractivity contribution >= 4 is 17.3 Å². The summed E-state index contributed by atoms with van der Waals surface area (Å²) >= 11 is 0. The lowest BCUT2D eigenvalue weighted by Gasteiger charge is -2.33. The Balaban J connectivity index is 1.54. The van der Waals surface area contributed by atoms with Crippen LogP contribution in [0.3, 0.4) is 0 Å². The Morgan fingerprint density at radius 3 is 2.76 bits per heavy atom. The molecule has 6 nitrogen and oxygen atoms in total. The maximum absolute atomic E-state index is 14.1. The average molecular weight is 467 g/mol. The van der Waals surface area contributed by atoms with E-state index in [4.69, 9.17) is 4.74 Å². The normalized spacial score (nSPS) is 15.6. The van der Waals surface area contributed by atoms with Crippen molar-refractivity contribution < 1.29 is 18.3 Å². The molecule has 0 N–H and O–H groups in total. The van der Waals surface area contributed by atoms with Crippen molar-refractivity contribution in [1.82, 2.24) is 14.7 Å². The fraction of sp³-hybridized carbons (Fsp3) is 0.385. The maximum atomic E-state index is 14.1. The number of carbonyl (C=O) groups is 1. The number of hydrogen-bond donors (Lipinski definition) is 0. The van der Waals surface area contributed by atoms with Gasteiger partial charge in [0, 0.05) is 60.8 Å². The molecule has 0 aliphatic carbocycles. The van der Waals surface area contributed by atoms with E-state index in [0.717, 1.165) is 47.6 Å². The molecular formula is C26H28F2N4O2. The Morgan fingerprint density at radius 2 is 2.03 bits per heavy atom. The van der Waals surface area contributed by atoms with Crippen LogP contribution in [0.25, 0.3) is 11.1 Å². The van der Waals surface area contributed by atoms with Crippen LogP contribution >= 0.6 is 0 Å². The quantitative estimate of drug-likeness (QED) is 0.528. The maximum Gasteiger partial charge on any atom is 0.264 e. The Labute approximate surface area is 197 Å². The van der Waals surface area contributed by atoms with Gasteiger partial charge in [-0.3, -0.25) is 9.48 Å². The van der Waals surface area contributed by atoms with Crippen LogP contribution < -0.4 is 9.64 Å². The molecular weight excluding hydrogens is 438 g/mol. The topological polar surface area (TPSA) is 50.6 Å². The molecule has 1 aromatic heterocycles. The summed E-state index contributed by atoms with van der Waals surface area (Å²) < 4.78 is 35.8. The monoisotopic (exact) mass is 466 g/mol. The molecule has 3 heterocycles. The Morgan fingerprint density at radius 1 is 1.18 bits per heavy atom. The molecule has 0 saturated carbocycles. The Kier molecular flexibility index (Phi) is 5.98. The highest BCUT2D eigenvalue weighted by molar-refractivity contribution is 5.78. The van der Waals surface area contributed by atoms with Gasteiger partial charge in [0.15, 0.2) is 0 Å². The number of benzene rings is 2. The molecule has 3 aromatic rings. The number of halogens is 2. The highest BCUT2D eigenvalue weighted by Crippen LogP contribution is 2.42. The van der Waals surface area contributed by atoms with E-state index in [-0.39, 0.29) is 11.5 Å². The molecule has 5 rings (SSSR count). The first-order valence-corrected chi connectivity index (χ1v) is 11.7. The van der Waals surface area contributed by atoms with Gasteiger partial charge in [-0.05, 0) is 54.3 Å². The second-order valence-electron chi connectivity index (χ2n) is 8.84. The number of fused-ring (bicyclic) bond motifs is 2. The highest BCUT2D eigenvalue weighted by atomic mass is 19.3. The van der Waals surface area contributed by atoms with Gasteiger partial charge in [-0.15, -0.1) is 0 Å². The molecule has 1 amide bonds. The number of carbonyl (C=O) groups excluding carboxylic acids is 1. The fourth-order valence-electron chi connectivity index (χ4n) is 4.89. The summed E-state index contributed by atoms with van der Waals surface area (Å²) in [7, 11) is 1.78. The first kappa shape index (κ1) is 22.4. The van der Waals surface area contributed by atoms with E-state index >= 15 is 0 Å². The largest absolute Gasteiger partial charge is 0.491 e. The molecule has 2 aromatic carbocycles. The number of amides is 1. The molecule has 0 bridgehead atoms. The van der Waals surface area contributed by atoms with Crippen molar-refractivity contribution in [3.63, 3.8) is 0 Å². The number of ether oxygens (including phenoxy) is 1.